The molecule has 1 aliphatic carbocycles. The van der Waals surface area contributed by atoms with Crippen LogP contribution in [0.2, 0.25) is 0 Å². The van der Waals surface area contributed by atoms with Crippen LogP contribution < -0.4 is 20.7 Å². The van der Waals surface area contributed by atoms with Crippen molar-refractivity contribution in [2.24, 2.45) is 0 Å². The second-order valence-corrected chi connectivity index (χ2v) is 18.7. The van der Waals surface area contributed by atoms with Crippen LogP contribution in [0.1, 0.15) is 50.8 Å². The minimum atomic E-state index is -0.772. The molecule has 8 rings (SSSR count). The second kappa shape index (κ2) is 15.5. The molecule has 0 amide bonds. The smallest absolute Gasteiger partial charge is 0.251 e. The fourth-order valence-electron chi connectivity index (χ4n) is 7.53. The molecule has 2 nitrogen and oxygen atoms in total. The Bertz CT molecular complexity index is 2140. The van der Waals surface area contributed by atoms with Gasteiger partial charge in [0.1, 0.15) is 0 Å². The zero-order valence-electron chi connectivity index (χ0n) is 32.9. The van der Waals surface area contributed by atoms with E-state index in [1.807, 2.05) is 32.0 Å². The minimum Gasteiger partial charge on any atom is -0.349 e. The van der Waals surface area contributed by atoms with E-state index >= 15 is 0 Å². The van der Waals surface area contributed by atoms with Crippen LogP contribution in [0.5, 0.6) is 0 Å². The number of allylic oxidation sites excluding steroid dienone is 5. The molecule has 0 N–H and O–H groups in total. The van der Waals surface area contributed by atoms with Crippen LogP contribution >= 0.6 is 10.0 Å². The molecule has 2 aliphatic heterocycles. The van der Waals surface area contributed by atoms with Gasteiger partial charge < -0.3 is 9.80 Å². The van der Waals surface area contributed by atoms with Crippen molar-refractivity contribution >= 4 is 50.4 Å². The first-order valence-corrected chi connectivity index (χ1v) is 21.5. The Morgan fingerprint density at radius 2 is 1.31 bits per heavy atom. The summed E-state index contributed by atoms with van der Waals surface area (Å²) >= 11 is 0. The fourth-order valence-corrected chi connectivity index (χ4v) is 8.74. The minimum absolute atomic E-state index is 0.188. The summed E-state index contributed by atoms with van der Waals surface area (Å²) in [5.74, 6) is 1.20. The average molecular weight is 703 g/mol. The van der Waals surface area contributed by atoms with Crippen molar-refractivity contribution in [1.82, 2.24) is 0 Å². The van der Waals surface area contributed by atoms with Gasteiger partial charge in [0.05, 0.1) is 0 Å². The monoisotopic (exact) mass is 702 g/mol. The Kier molecular flexibility index (Phi) is 11.1. The number of benzene rings is 5. The molecule has 3 aliphatic rings. The predicted octanol–water partition coefficient (Wildman–Crippen LogP) is 12.0. The molecule has 0 fully saturated rings. The van der Waals surface area contributed by atoms with E-state index in [0.29, 0.717) is 0 Å². The van der Waals surface area contributed by atoms with Gasteiger partial charge in [-0.1, -0.05) is 128 Å². The molecule has 0 saturated carbocycles. The molecule has 266 valence electrons. The molecular weight excluding hydrogens is 647 g/mol. The highest BCUT2D eigenvalue weighted by Gasteiger charge is 2.43. The third kappa shape index (κ3) is 7.19. The van der Waals surface area contributed by atoms with Gasteiger partial charge in [0.25, 0.3) is 6.71 Å². The summed E-state index contributed by atoms with van der Waals surface area (Å²) in [6.45, 7) is 15.2. The number of hydrogen-bond acceptors (Lipinski definition) is 2. The summed E-state index contributed by atoms with van der Waals surface area (Å²) in [7, 11) is 1.50. The first-order valence-electron chi connectivity index (χ1n) is 18.9. The number of fused-ring (bicyclic) bond motifs is 3. The molecular formula is C48H55BN2S. The molecule has 5 aromatic carbocycles. The molecule has 0 radical (unpaired) electrons. The lowest BCUT2D eigenvalue weighted by Gasteiger charge is -2.44. The average Bonchev–Trinajstić information content (AvgIpc) is 3.36. The maximum Gasteiger partial charge on any atom is 0.251 e. The molecule has 2 heterocycles. The number of hydrogen-bond donors (Lipinski definition) is 0. The summed E-state index contributed by atoms with van der Waals surface area (Å²) in [6.07, 6.45) is 12.8. The van der Waals surface area contributed by atoms with Gasteiger partial charge in [-0.15, -0.1) is 0 Å². The van der Waals surface area contributed by atoms with Crippen LogP contribution in [0.4, 0.5) is 22.7 Å². The summed E-state index contributed by atoms with van der Waals surface area (Å²) in [6, 6.07) is 40.6. The topological polar surface area (TPSA) is 6.48 Å². The lowest BCUT2D eigenvalue weighted by molar-refractivity contribution is 1.02. The van der Waals surface area contributed by atoms with Crippen LogP contribution in [-0.4, -0.2) is 32.0 Å². The normalized spacial score (nSPS) is 14.5. The number of rotatable bonds is 4. The second-order valence-electron chi connectivity index (χ2n) is 14.6. The number of anilines is 4. The van der Waals surface area contributed by atoms with E-state index in [1.54, 1.807) is 0 Å². The standard InChI is InChI=1S/C39H41BN2S.C7H8.C2H6/c1-8-43(6,7)32-19-15-29(16-20-32)30-24-37-39-38(25-30)42(31-17-12-26(2)13-18-31)36-21-14-28(4)23-34(36)40(39)33-22-27(3)10-9-11-35(33)41(37)5;1-7-5-3-2-4-6-7;1-2/h9-10,12-25H,8,11H2,1-7H3;2-6H,1H3;1-2H3. The number of aryl methyl sites for hydroxylation is 3. The molecule has 0 aromatic heterocycles. The Hall–Kier alpha value is -4.67. The van der Waals surface area contributed by atoms with E-state index in [0.717, 1.165) is 6.42 Å². The Balaban J connectivity index is 0.000000458. The summed E-state index contributed by atoms with van der Waals surface area (Å²) < 4.78 is 0. The quantitative estimate of drug-likeness (QED) is 0.172. The van der Waals surface area contributed by atoms with Crippen molar-refractivity contribution in [1.29, 1.82) is 0 Å². The number of nitrogens with zero attached hydrogens (tertiary/aromatic N) is 2. The van der Waals surface area contributed by atoms with E-state index < -0.39 is 10.0 Å². The van der Waals surface area contributed by atoms with Gasteiger partial charge in [-0.3, -0.25) is 0 Å². The summed E-state index contributed by atoms with van der Waals surface area (Å²) in [5, 5.41) is 0. The van der Waals surface area contributed by atoms with Crippen molar-refractivity contribution in [2.45, 2.75) is 59.8 Å². The highest BCUT2D eigenvalue weighted by atomic mass is 32.3. The maximum absolute atomic E-state index is 2.51. The van der Waals surface area contributed by atoms with Crippen LogP contribution in [0.15, 0.2) is 149 Å². The van der Waals surface area contributed by atoms with E-state index in [1.165, 1.54) is 88.9 Å². The van der Waals surface area contributed by atoms with Gasteiger partial charge in [-0.25, -0.2) is 10.0 Å². The highest BCUT2D eigenvalue weighted by molar-refractivity contribution is 8.32. The van der Waals surface area contributed by atoms with Crippen molar-refractivity contribution in [3.8, 4) is 11.1 Å². The zero-order valence-corrected chi connectivity index (χ0v) is 33.7. The maximum atomic E-state index is 2.51. The highest BCUT2D eigenvalue weighted by Crippen LogP contribution is 2.49. The van der Waals surface area contributed by atoms with E-state index in [2.05, 4.69) is 173 Å². The molecule has 0 unspecified atom stereocenters. The third-order valence-corrected chi connectivity index (χ3v) is 13.7. The van der Waals surface area contributed by atoms with Gasteiger partial charge >= 0.3 is 0 Å². The van der Waals surface area contributed by atoms with Gasteiger partial charge in [-0.2, -0.15) is 0 Å². The SMILES string of the molecule is CC.CCS(C)(C)c1ccc(-c2cc3c4c(c2)N(c2ccc(C)cc2)c2ccc(C)cc2B4C2=C(CC=CC(C)=C2)N3C)cc1.Cc1ccccc1. The Morgan fingerprint density at radius 1 is 0.673 bits per heavy atom. The third-order valence-electron chi connectivity index (χ3n) is 10.7. The molecule has 52 heavy (non-hydrogen) atoms. The van der Waals surface area contributed by atoms with Crippen molar-refractivity contribution in [3.05, 3.63) is 161 Å². The fraction of sp³-hybridized carbons (Fsp3) is 0.250. The van der Waals surface area contributed by atoms with Gasteiger partial charge in [0.15, 0.2) is 0 Å². The first-order chi connectivity index (χ1) is 25.1. The first kappa shape index (κ1) is 37.1. The lowest BCUT2D eigenvalue weighted by Crippen LogP contribution is -2.56. The molecule has 0 bridgehead atoms. The molecule has 0 saturated heterocycles. The van der Waals surface area contributed by atoms with Gasteiger partial charge in [0.2, 0.25) is 0 Å². The summed E-state index contributed by atoms with van der Waals surface area (Å²) in [5.41, 5.74) is 18.4. The lowest BCUT2D eigenvalue weighted by atomic mass is 9.32. The molecule has 0 atom stereocenters. The van der Waals surface area contributed by atoms with E-state index in [9.17, 15) is 0 Å². The zero-order chi connectivity index (χ0) is 37.2. The van der Waals surface area contributed by atoms with Gasteiger partial charge in [-0.05, 0) is 121 Å². The van der Waals surface area contributed by atoms with Crippen LogP contribution in [-0.2, 0) is 0 Å². The molecule has 0 spiro atoms. The predicted molar refractivity (Wildman–Crippen MR) is 235 cm³/mol. The van der Waals surface area contributed by atoms with E-state index in [4.69, 9.17) is 0 Å². The van der Waals surface area contributed by atoms with Crippen LogP contribution in [0, 0.1) is 20.8 Å². The van der Waals surface area contributed by atoms with Crippen LogP contribution in [0.25, 0.3) is 11.1 Å². The van der Waals surface area contributed by atoms with Crippen molar-refractivity contribution in [2.75, 3.05) is 35.1 Å². The molecule has 5 aromatic rings. The van der Waals surface area contributed by atoms with Crippen molar-refractivity contribution < 1.29 is 0 Å². The summed E-state index contributed by atoms with van der Waals surface area (Å²) in [4.78, 5) is 6.46. The van der Waals surface area contributed by atoms with Crippen molar-refractivity contribution in [3.63, 3.8) is 0 Å². The largest absolute Gasteiger partial charge is 0.349 e. The van der Waals surface area contributed by atoms with Crippen LogP contribution in [0.3, 0.4) is 0 Å². The Morgan fingerprint density at radius 3 is 1.94 bits per heavy atom. The van der Waals surface area contributed by atoms with Gasteiger partial charge in [0, 0.05) is 41.9 Å². The Labute approximate surface area is 316 Å². The molecule has 4 heteroatoms. The van der Waals surface area contributed by atoms with E-state index in [-0.39, 0.29) is 6.71 Å².